The topological polar surface area (TPSA) is 26.0 Å². The van der Waals surface area contributed by atoms with E-state index in [4.69, 9.17) is 5.73 Å². The van der Waals surface area contributed by atoms with Crippen molar-refractivity contribution in [1.82, 2.24) is 0 Å². The van der Waals surface area contributed by atoms with E-state index >= 15 is 0 Å². The van der Waals surface area contributed by atoms with Crippen molar-refractivity contribution in [3.05, 3.63) is 35.4 Å². The first-order chi connectivity index (χ1) is 7.13. The van der Waals surface area contributed by atoms with E-state index in [9.17, 15) is 0 Å². The highest BCUT2D eigenvalue weighted by Gasteiger charge is 2.07. The van der Waals surface area contributed by atoms with Crippen LogP contribution in [0.5, 0.6) is 0 Å². The summed E-state index contributed by atoms with van der Waals surface area (Å²) in [6, 6.07) is 9.17. The van der Waals surface area contributed by atoms with Gasteiger partial charge in [0.05, 0.1) is 0 Å². The van der Waals surface area contributed by atoms with E-state index in [2.05, 4.69) is 45.0 Å². The van der Waals surface area contributed by atoms with Gasteiger partial charge in [-0.1, -0.05) is 51.5 Å². The molecule has 84 valence electrons. The first-order valence-electron chi connectivity index (χ1n) is 5.97. The summed E-state index contributed by atoms with van der Waals surface area (Å²) in [6.07, 6.45) is 3.38. The third kappa shape index (κ3) is 4.05. The summed E-state index contributed by atoms with van der Waals surface area (Å²) in [5.74, 6) is 0.556. The van der Waals surface area contributed by atoms with E-state index in [-0.39, 0.29) is 6.04 Å². The van der Waals surface area contributed by atoms with Crippen molar-refractivity contribution in [3.63, 3.8) is 0 Å². The van der Waals surface area contributed by atoms with Crippen LogP contribution in [-0.2, 0) is 12.8 Å². The first kappa shape index (κ1) is 12.3. The van der Waals surface area contributed by atoms with Crippen LogP contribution >= 0.6 is 0 Å². The molecular formula is C14H23N. The summed E-state index contributed by atoms with van der Waals surface area (Å²) in [4.78, 5) is 0. The van der Waals surface area contributed by atoms with Gasteiger partial charge in [0.25, 0.3) is 0 Å². The third-order valence-electron chi connectivity index (χ3n) is 2.89. The van der Waals surface area contributed by atoms with Gasteiger partial charge in [-0.25, -0.2) is 0 Å². The van der Waals surface area contributed by atoms with Gasteiger partial charge < -0.3 is 5.73 Å². The molecule has 1 nitrogen and oxygen atoms in total. The molecule has 1 atom stereocenters. The van der Waals surface area contributed by atoms with Crippen LogP contribution in [0.1, 0.15) is 38.3 Å². The average Bonchev–Trinajstić information content (AvgIpc) is 2.21. The molecule has 0 aliphatic heterocycles. The summed E-state index contributed by atoms with van der Waals surface area (Å²) < 4.78 is 0. The Bertz CT molecular complexity index is 274. The van der Waals surface area contributed by atoms with E-state index < -0.39 is 0 Å². The predicted octanol–water partition coefficient (Wildman–Crippen LogP) is 3.16. The van der Waals surface area contributed by atoms with Gasteiger partial charge in [0.1, 0.15) is 0 Å². The van der Waals surface area contributed by atoms with Crippen LogP contribution in [-0.4, -0.2) is 6.04 Å². The molecule has 0 saturated carbocycles. The van der Waals surface area contributed by atoms with Crippen molar-refractivity contribution in [2.75, 3.05) is 0 Å². The largest absolute Gasteiger partial charge is 0.327 e. The Morgan fingerprint density at radius 3 is 2.07 bits per heavy atom. The molecule has 1 heteroatoms. The van der Waals surface area contributed by atoms with E-state index in [1.165, 1.54) is 24.0 Å². The van der Waals surface area contributed by atoms with Crippen LogP contribution in [0, 0.1) is 5.92 Å². The number of benzene rings is 1. The van der Waals surface area contributed by atoms with Gasteiger partial charge >= 0.3 is 0 Å². The van der Waals surface area contributed by atoms with Crippen molar-refractivity contribution >= 4 is 0 Å². The molecule has 0 amide bonds. The first-order valence-corrected chi connectivity index (χ1v) is 5.97. The second-order valence-electron chi connectivity index (χ2n) is 4.68. The minimum Gasteiger partial charge on any atom is -0.327 e. The fourth-order valence-electron chi connectivity index (χ4n) is 1.64. The summed E-state index contributed by atoms with van der Waals surface area (Å²) in [6.45, 7) is 6.56. The van der Waals surface area contributed by atoms with Crippen LogP contribution in [0.2, 0.25) is 0 Å². The Morgan fingerprint density at radius 2 is 1.60 bits per heavy atom. The Labute approximate surface area is 93.7 Å². The van der Waals surface area contributed by atoms with Crippen LogP contribution in [0.3, 0.4) is 0 Å². The zero-order chi connectivity index (χ0) is 11.3. The Balaban J connectivity index is 2.56. The van der Waals surface area contributed by atoms with Crippen LogP contribution < -0.4 is 5.73 Å². The summed E-state index contributed by atoms with van der Waals surface area (Å²) >= 11 is 0. The van der Waals surface area contributed by atoms with Crippen molar-refractivity contribution in [2.24, 2.45) is 11.7 Å². The lowest BCUT2D eigenvalue weighted by Crippen LogP contribution is -2.28. The van der Waals surface area contributed by atoms with Crippen LogP contribution in [0.4, 0.5) is 0 Å². The van der Waals surface area contributed by atoms with E-state index in [1.54, 1.807) is 0 Å². The van der Waals surface area contributed by atoms with Gasteiger partial charge in [0, 0.05) is 6.04 Å². The molecule has 1 aromatic carbocycles. The highest BCUT2D eigenvalue weighted by molar-refractivity contribution is 5.23. The molecule has 0 radical (unpaired) electrons. The van der Waals surface area contributed by atoms with Gasteiger partial charge in [-0.15, -0.1) is 0 Å². The van der Waals surface area contributed by atoms with Gasteiger partial charge in [-0.05, 0) is 29.9 Å². The number of aryl methyl sites for hydroxylation is 1. The lowest BCUT2D eigenvalue weighted by Gasteiger charge is -2.15. The third-order valence-corrected chi connectivity index (χ3v) is 2.89. The van der Waals surface area contributed by atoms with Gasteiger partial charge in [-0.2, -0.15) is 0 Å². The number of nitrogens with two attached hydrogens (primary N) is 1. The Morgan fingerprint density at radius 1 is 1.07 bits per heavy atom. The molecule has 0 saturated heterocycles. The highest BCUT2D eigenvalue weighted by Crippen LogP contribution is 2.11. The molecule has 0 fully saturated rings. The minimum atomic E-state index is 0.280. The summed E-state index contributed by atoms with van der Waals surface area (Å²) in [5.41, 5.74) is 8.83. The maximum Gasteiger partial charge on any atom is 0.0102 e. The SMILES string of the molecule is CCCc1ccc(CC(N)C(C)C)cc1. The average molecular weight is 205 g/mol. The van der Waals surface area contributed by atoms with Crippen molar-refractivity contribution in [2.45, 2.75) is 46.1 Å². The van der Waals surface area contributed by atoms with E-state index in [0.717, 1.165) is 6.42 Å². The van der Waals surface area contributed by atoms with Crippen molar-refractivity contribution in [3.8, 4) is 0 Å². The summed E-state index contributed by atoms with van der Waals surface area (Å²) in [5, 5.41) is 0. The molecule has 0 bridgehead atoms. The fourth-order valence-corrected chi connectivity index (χ4v) is 1.64. The number of hydrogen-bond donors (Lipinski definition) is 1. The van der Waals surface area contributed by atoms with Gasteiger partial charge in [0.2, 0.25) is 0 Å². The zero-order valence-electron chi connectivity index (χ0n) is 10.2. The molecule has 1 rings (SSSR count). The van der Waals surface area contributed by atoms with Crippen LogP contribution in [0.25, 0.3) is 0 Å². The lowest BCUT2D eigenvalue weighted by atomic mass is 9.96. The molecule has 0 spiro atoms. The molecule has 0 aromatic heterocycles. The zero-order valence-corrected chi connectivity index (χ0v) is 10.2. The van der Waals surface area contributed by atoms with Crippen molar-refractivity contribution in [1.29, 1.82) is 0 Å². The normalized spacial score (nSPS) is 13.1. The smallest absolute Gasteiger partial charge is 0.0102 e. The Hall–Kier alpha value is -0.820. The molecule has 15 heavy (non-hydrogen) atoms. The number of hydrogen-bond acceptors (Lipinski definition) is 1. The predicted molar refractivity (Wildman–Crippen MR) is 67.0 cm³/mol. The van der Waals surface area contributed by atoms with Crippen molar-refractivity contribution < 1.29 is 0 Å². The molecule has 0 heterocycles. The molecule has 1 aromatic rings. The Kier molecular flexibility index (Phi) is 4.83. The summed E-state index contributed by atoms with van der Waals surface area (Å²) in [7, 11) is 0. The lowest BCUT2D eigenvalue weighted by molar-refractivity contribution is 0.490. The quantitative estimate of drug-likeness (QED) is 0.785. The van der Waals surface area contributed by atoms with E-state index in [1.807, 2.05) is 0 Å². The standard InChI is InChI=1S/C14H23N/c1-4-5-12-6-8-13(9-7-12)10-14(15)11(2)3/h6-9,11,14H,4-5,10,15H2,1-3H3. The molecule has 2 N–H and O–H groups in total. The molecule has 0 aliphatic rings. The second-order valence-corrected chi connectivity index (χ2v) is 4.68. The maximum atomic E-state index is 6.05. The maximum absolute atomic E-state index is 6.05. The minimum absolute atomic E-state index is 0.280. The number of rotatable bonds is 5. The monoisotopic (exact) mass is 205 g/mol. The van der Waals surface area contributed by atoms with Gasteiger partial charge in [0.15, 0.2) is 0 Å². The molecule has 0 aliphatic carbocycles. The molecule has 1 unspecified atom stereocenters. The fraction of sp³-hybridized carbons (Fsp3) is 0.571. The van der Waals surface area contributed by atoms with Gasteiger partial charge in [-0.3, -0.25) is 0 Å². The second kappa shape index (κ2) is 5.92. The van der Waals surface area contributed by atoms with E-state index in [0.29, 0.717) is 5.92 Å². The van der Waals surface area contributed by atoms with Crippen LogP contribution in [0.15, 0.2) is 24.3 Å². The molecular weight excluding hydrogens is 182 g/mol. The highest BCUT2D eigenvalue weighted by atomic mass is 14.6.